The van der Waals surface area contributed by atoms with E-state index in [1.165, 1.54) is 18.1 Å². The number of hydrogen-bond acceptors (Lipinski definition) is 5. The van der Waals surface area contributed by atoms with E-state index in [1.807, 2.05) is 19.1 Å². The highest BCUT2D eigenvalue weighted by molar-refractivity contribution is 5.98. The fraction of sp³-hybridized carbons (Fsp3) is 0.364. The Morgan fingerprint density at radius 2 is 1.59 bits per heavy atom. The Bertz CT molecular complexity index is 789. The fourth-order valence-corrected chi connectivity index (χ4v) is 3.15. The van der Waals surface area contributed by atoms with Gasteiger partial charge in [-0.25, -0.2) is 0 Å². The predicted molar refractivity (Wildman–Crippen MR) is 108 cm³/mol. The summed E-state index contributed by atoms with van der Waals surface area (Å²) in [7, 11) is 0. The number of rotatable bonds is 5. The first-order chi connectivity index (χ1) is 13.0. The zero-order valence-corrected chi connectivity index (χ0v) is 16.3. The molecule has 2 aromatic carbocycles. The van der Waals surface area contributed by atoms with Crippen molar-refractivity contribution in [1.29, 1.82) is 0 Å². The monoisotopic (exact) mass is 365 g/mol. The van der Waals surface area contributed by atoms with Gasteiger partial charge in [-0.1, -0.05) is 29.8 Å². The quantitative estimate of drug-likeness (QED) is 0.462. The Hall–Kier alpha value is -2.66. The Labute approximate surface area is 161 Å². The van der Waals surface area contributed by atoms with Crippen LogP contribution in [0, 0.1) is 6.92 Å². The fourth-order valence-electron chi connectivity index (χ4n) is 3.15. The van der Waals surface area contributed by atoms with Crippen LogP contribution in [0.5, 0.6) is 5.75 Å². The molecule has 0 aliphatic carbocycles. The van der Waals surface area contributed by atoms with Crippen LogP contribution in [0.3, 0.4) is 0 Å². The molecule has 1 aliphatic heterocycles. The van der Waals surface area contributed by atoms with Crippen LogP contribution in [-0.4, -0.2) is 47.8 Å². The number of ether oxygens (including phenoxy) is 1. The number of piperazine rings is 1. The van der Waals surface area contributed by atoms with Crippen LogP contribution in [0.15, 0.2) is 53.6 Å². The van der Waals surface area contributed by atoms with E-state index in [9.17, 15) is 4.79 Å². The Morgan fingerprint density at radius 3 is 2.19 bits per heavy atom. The summed E-state index contributed by atoms with van der Waals surface area (Å²) in [5.41, 5.74) is 4.67. The molecular weight excluding hydrogens is 338 g/mol. The lowest BCUT2D eigenvalue weighted by Crippen LogP contribution is -2.43. The number of esters is 1. The average Bonchev–Trinajstić information content (AvgIpc) is 2.65. The second-order valence-corrected chi connectivity index (χ2v) is 7.02. The maximum atomic E-state index is 11.0. The zero-order chi connectivity index (χ0) is 19.2. The van der Waals surface area contributed by atoms with Crippen molar-refractivity contribution in [3.05, 3.63) is 65.2 Å². The van der Waals surface area contributed by atoms with E-state index in [2.05, 4.69) is 41.1 Å². The third-order valence-electron chi connectivity index (χ3n) is 4.70. The standard InChI is InChI=1S/C22H27N3O2/c1-17-4-6-20(7-5-17)16-24-12-14-25(15-13-24)23-18(2)21-8-10-22(11-9-21)27-19(3)26/h4-11H,12-16H2,1-3H3/b23-18-. The minimum atomic E-state index is -0.309. The highest BCUT2D eigenvalue weighted by Crippen LogP contribution is 2.14. The molecule has 5 nitrogen and oxygen atoms in total. The van der Waals surface area contributed by atoms with Gasteiger partial charge in [-0.05, 0) is 49.2 Å². The van der Waals surface area contributed by atoms with Crippen LogP contribution in [0.1, 0.15) is 30.5 Å². The van der Waals surface area contributed by atoms with Crippen LogP contribution >= 0.6 is 0 Å². The molecule has 0 spiro atoms. The van der Waals surface area contributed by atoms with Gasteiger partial charge < -0.3 is 4.74 Å². The SMILES string of the molecule is CC(=O)Oc1ccc(/C(C)=N\N2CCN(Cc3ccc(C)cc3)CC2)cc1. The van der Waals surface area contributed by atoms with E-state index in [1.54, 1.807) is 12.1 Å². The molecule has 0 atom stereocenters. The van der Waals surface area contributed by atoms with Gasteiger partial charge in [0.05, 0.1) is 5.71 Å². The molecule has 0 unspecified atom stereocenters. The molecule has 5 heteroatoms. The summed E-state index contributed by atoms with van der Waals surface area (Å²) in [6, 6.07) is 16.2. The largest absolute Gasteiger partial charge is 0.427 e. The lowest BCUT2D eigenvalue weighted by molar-refractivity contribution is -0.131. The van der Waals surface area contributed by atoms with E-state index in [0.717, 1.165) is 44.0 Å². The second-order valence-electron chi connectivity index (χ2n) is 7.02. The normalized spacial score (nSPS) is 15.7. The third-order valence-corrected chi connectivity index (χ3v) is 4.70. The first-order valence-electron chi connectivity index (χ1n) is 9.36. The van der Waals surface area contributed by atoms with Crippen LogP contribution in [0.25, 0.3) is 0 Å². The molecule has 0 amide bonds. The molecule has 1 heterocycles. The first-order valence-corrected chi connectivity index (χ1v) is 9.36. The maximum absolute atomic E-state index is 11.0. The Morgan fingerprint density at radius 1 is 0.963 bits per heavy atom. The molecule has 0 bridgehead atoms. The van der Waals surface area contributed by atoms with Crippen LogP contribution in [-0.2, 0) is 11.3 Å². The molecule has 1 fully saturated rings. The van der Waals surface area contributed by atoms with Crippen molar-refractivity contribution in [2.75, 3.05) is 26.2 Å². The van der Waals surface area contributed by atoms with Gasteiger partial charge >= 0.3 is 5.97 Å². The maximum Gasteiger partial charge on any atom is 0.308 e. The number of hydrazone groups is 1. The van der Waals surface area contributed by atoms with Gasteiger partial charge in [0.25, 0.3) is 0 Å². The van der Waals surface area contributed by atoms with Crippen molar-refractivity contribution < 1.29 is 9.53 Å². The van der Waals surface area contributed by atoms with Crippen molar-refractivity contribution in [2.45, 2.75) is 27.3 Å². The number of hydrogen-bond donors (Lipinski definition) is 0. The summed E-state index contributed by atoms with van der Waals surface area (Å²) in [4.78, 5) is 13.5. The van der Waals surface area contributed by atoms with Crippen molar-refractivity contribution in [3.8, 4) is 5.75 Å². The van der Waals surface area contributed by atoms with Gasteiger partial charge in [0, 0.05) is 39.6 Å². The van der Waals surface area contributed by atoms with Gasteiger partial charge in [-0.15, -0.1) is 0 Å². The summed E-state index contributed by atoms with van der Waals surface area (Å²) in [6.45, 7) is 10.4. The molecule has 27 heavy (non-hydrogen) atoms. The smallest absolute Gasteiger partial charge is 0.308 e. The number of carbonyl (C=O) groups is 1. The van der Waals surface area contributed by atoms with Crippen molar-refractivity contribution in [1.82, 2.24) is 9.91 Å². The van der Waals surface area contributed by atoms with Crippen molar-refractivity contribution >= 4 is 11.7 Å². The number of nitrogens with zero attached hydrogens (tertiary/aromatic N) is 3. The topological polar surface area (TPSA) is 45.1 Å². The van der Waals surface area contributed by atoms with Gasteiger partial charge in [0.2, 0.25) is 0 Å². The molecule has 0 aromatic heterocycles. The highest BCUT2D eigenvalue weighted by Gasteiger charge is 2.16. The van der Waals surface area contributed by atoms with Crippen LogP contribution in [0.2, 0.25) is 0 Å². The van der Waals surface area contributed by atoms with Crippen LogP contribution in [0.4, 0.5) is 0 Å². The van der Waals surface area contributed by atoms with Crippen LogP contribution < -0.4 is 4.74 Å². The number of aryl methyl sites for hydroxylation is 1. The van der Waals surface area contributed by atoms with E-state index in [4.69, 9.17) is 9.84 Å². The molecule has 2 aromatic rings. The molecule has 142 valence electrons. The van der Waals surface area contributed by atoms with E-state index in [-0.39, 0.29) is 5.97 Å². The molecule has 0 saturated carbocycles. The van der Waals surface area contributed by atoms with E-state index < -0.39 is 0 Å². The lowest BCUT2D eigenvalue weighted by atomic mass is 10.1. The minimum Gasteiger partial charge on any atom is -0.427 e. The minimum absolute atomic E-state index is 0.309. The molecular formula is C22H27N3O2. The zero-order valence-electron chi connectivity index (χ0n) is 16.3. The molecule has 1 aliphatic rings. The third kappa shape index (κ3) is 5.66. The number of benzene rings is 2. The van der Waals surface area contributed by atoms with Crippen molar-refractivity contribution in [3.63, 3.8) is 0 Å². The first kappa shape index (κ1) is 19.1. The van der Waals surface area contributed by atoms with E-state index in [0.29, 0.717) is 5.75 Å². The molecule has 0 radical (unpaired) electrons. The molecule has 1 saturated heterocycles. The predicted octanol–water partition coefficient (Wildman–Crippen LogP) is 3.46. The lowest BCUT2D eigenvalue weighted by Gasteiger charge is -2.33. The summed E-state index contributed by atoms with van der Waals surface area (Å²) in [5, 5.41) is 6.91. The molecule has 3 rings (SSSR count). The van der Waals surface area contributed by atoms with E-state index >= 15 is 0 Å². The second kappa shape index (κ2) is 8.82. The van der Waals surface area contributed by atoms with Gasteiger partial charge in [0.15, 0.2) is 0 Å². The average molecular weight is 365 g/mol. The Balaban J connectivity index is 1.52. The van der Waals surface area contributed by atoms with Gasteiger partial charge in [0.1, 0.15) is 5.75 Å². The van der Waals surface area contributed by atoms with Crippen molar-refractivity contribution in [2.24, 2.45) is 5.10 Å². The molecule has 0 N–H and O–H groups in total. The highest BCUT2D eigenvalue weighted by atomic mass is 16.5. The van der Waals surface area contributed by atoms with Gasteiger partial charge in [-0.3, -0.25) is 14.7 Å². The summed E-state index contributed by atoms with van der Waals surface area (Å²) >= 11 is 0. The summed E-state index contributed by atoms with van der Waals surface area (Å²) in [6.07, 6.45) is 0. The summed E-state index contributed by atoms with van der Waals surface area (Å²) < 4.78 is 5.07. The Kier molecular flexibility index (Phi) is 6.24. The number of carbonyl (C=O) groups excluding carboxylic acids is 1. The van der Waals surface area contributed by atoms with Gasteiger partial charge in [-0.2, -0.15) is 5.10 Å². The summed E-state index contributed by atoms with van der Waals surface area (Å²) in [5.74, 6) is 0.250.